The van der Waals surface area contributed by atoms with E-state index in [1.807, 2.05) is 13.8 Å². The zero-order chi connectivity index (χ0) is 14.8. The quantitative estimate of drug-likeness (QED) is 0.898. The second-order valence-corrected chi connectivity index (χ2v) is 7.25. The summed E-state index contributed by atoms with van der Waals surface area (Å²) >= 11 is 1.53. The lowest BCUT2D eigenvalue weighted by Crippen LogP contribution is -2.48. The molecule has 2 rings (SSSR count). The highest BCUT2D eigenvalue weighted by atomic mass is 32.1. The van der Waals surface area contributed by atoms with Crippen molar-refractivity contribution in [3.63, 3.8) is 0 Å². The van der Waals surface area contributed by atoms with Crippen molar-refractivity contribution in [2.24, 2.45) is 5.92 Å². The molecule has 0 bridgehead atoms. The number of nitrogens with one attached hydrogen (secondary N) is 2. The SMILES string of the molecule is Cc1nc(CC(C)C)c(NC(=O)NC2(C)CCOC2)s1. The molecule has 1 saturated heterocycles. The summed E-state index contributed by atoms with van der Waals surface area (Å²) in [6.07, 6.45) is 1.72. The number of aromatic nitrogens is 1. The molecule has 1 aromatic heterocycles. The molecule has 5 nitrogen and oxygen atoms in total. The molecule has 6 heteroatoms. The van der Waals surface area contributed by atoms with Gasteiger partial charge in [-0.2, -0.15) is 0 Å². The number of carbonyl (C=O) groups is 1. The Hall–Kier alpha value is -1.14. The van der Waals surface area contributed by atoms with Gasteiger partial charge < -0.3 is 10.1 Å². The van der Waals surface area contributed by atoms with Crippen LogP contribution in [0.4, 0.5) is 9.80 Å². The van der Waals surface area contributed by atoms with Crippen LogP contribution in [0.1, 0.15) is 37.9 Å². The number of hydrogen-bond donors (Lipinski definition) is 2. The number of urea groups is 1. The molecule has 1 aliphatic rings. The molecule has 1 unspecified atom stereocenters. The largest absolute Gasteiger partial charge is 0.379 e. The first-order chi connectivity index (χ1) is 9.38. The summed E-state index contributed by atoms with van der Waals surface area (Å²) < 4.78 is 5.34. The number of anilines is 1. The normalized spacial score (nSPS) is 22.2. The van der Waals surface area contributed by atoms with Crippen molar-refractivity contribution in [3.05, 3.63) is 10.7 Å². The van der Waals surface area contributed by atoms with Gasteiger partial charge >= 0.3 is 6.03 Å². The highest BCUT2D eigenvalue weighted by Gasteiger charge is 2.31. The second kappa shape index (κ2) is 6.10. The molecule has 0 aromatic carbocycles. The molecular weight excluding hydrogens is 274 g/mol. The maximum atomic E-state index is 12.1. The number of rotatable bonds is 4. The van der Waals surface area contributed by atoms with Crippen molar-refractivity contribution in [2.45, 2.75) is 46.1 Å². The first-order valence-corrected chi connectivity index (χ1v) is 7.83. The van der Waals surface area contributed by atoms with Crippen LogP contribution in [0.3, 0.4) is 0 Å². The molecule has 2 amide bonds. The van der Waals surface area contributed by atoms with E-state index in [1.54, 1.807) is 0 Å². The molecule has 2 N–H and O–H groups in total. The Kier molecular flexibility index (Phi) is 4.65. The van der Waals surface area contributed by atoms with Gasteiger partial charge in [-0.15, -0.1) is 11.3 Å². The minimum atomic E-state index is -0.262. The molecular formula is C14H23N3O2S. The summed E-state index contributed by atoms with van der Waals surface area (Å²) in [5.41, 5.74) is 0.715. The van der Waals surface area contributed by atoms with Gasteiger partial charge in [0.15, 0.2) is 0 Å². The van der Waals surface area contributed by atoms with Gasteiger partial charge in [-0.3, -0.25) is 5.32 Å². The van der Waals surface area contributed by atoms with Crippen molar-refractivity contribution < 1.29 is 9.53 Å². The summed E-state index contributed by atoms with van der Waals surface area (Å²) in [6.45, 7) is 9.54. The molecule has 20 heavy (non-hydrogen) atoms. The van der Waals surface area contributed by atoms with Gasteiger partial charge in [0.05, 0.1) is 22.8 Å². The van der Waals surface area contributed by atoms with E-state index in [-0.39, 0.29) is 11.6 Å². The molecule has 1 aliphatic heterocycles. The van der Waals surface area contributed by atoms with E-state index in [4.69, 9.17) is 4.74 Å². The topological polar surface area (TPSA) is 63.2 Å². The number of carbonyl (C=O) groups excluding carboxylic acids is 1. The van der Waals surface area contributed by atoms with Crippen molar-refractivity contribution in [3.8, 4) is 0 Å². The van der Waals surface area contributed by atoms with Crippen LogP contribution in [-0.2, 0) is 11.2 Å². The zero-order valence-electron chi connectivity index (χ0n) is 12.6. The molecule has 0 aliphatic carbocycles. The van der Waals surface area contributed by atoms with Gasteiger partial charge in [0.2, 0.25) is 0 Å². The third kappa shape index (κ3) is 3.93. The van der Waals surface area contributed by atoms with Crippen LogP contribution >= 0.6 is 11.3 Å². The Morgan fingerprint density at radius 3 is 2.90 bits per heavy atom. The lowest BCUT2D eigenvalue weighted by molar-refractivity contribution is 0.172. The van der Waals surface area contributed by atoms with E-state index >= 15 is 0 Å². The average molecular weight is 297 g/mol. The minimum absolute atomic E-state index is 0.174. The maximum absolute atomic E-state index is 12.1. The minimum Gasteiger partial charge on any atom is -0.379 e. The third-order valence-electron chi connectivity index (χ3n) is 3.27. The lowest BCUT2D eigenvalue weighted by atomic mass is 10.0. The van der Waals surface area contributed by atoms with Gasteiger partial charge in [-0.25, -0.2) is 9.78 Å². The number of hydrogen-bond acceptors (Lipinski definition) is 4. The molecule has 1 atom stereocenters. The Labute approximate surface area is 124 Å². The predicted octanol–water partition coefficient (Wildman–Crippen LogP) is 2.95. The molecule has 1 fully saturated rings. The van der Waals surface area contributed by atoms with Gasteiger partial charge in [-0.05, 0) is 32.6 Å². The molecule has 112 valence electrons. The first kappa shape index (κ1) is 15.3. The van der Waals surface area contributed by atoms with Crippen LogP contribution in [0.5, 0.6) is 0 Å². The number of thiazole rings is 1. The average Bonchev–Trinajstić information content (AvgIpc) is 2.85. The van der Waals surface area contributed by atoms with E-state index in [2.05, 4.69) is 29.5 Å². The molecule has 1 aromatic rings. The van der Waals surface area contributed by atoms with Crippen LogP contribution in [-0.4, -0.2) is 29.8 Å². The van der Waals surface area contributed by atoms with E-state index < -0.39 is 0 Å². The highest BCUT2D eigenvalue weighted by molar-refractivity contribution is 7.16. The van der Waals surface area contributed by atoms with Crippen LogP contribution < -0.4 is 10.6 Å². The first-order valence-electron chi connectivity index (χ1n) is 7.01. The number of ether oxygens (including phenoxy) is 1. The highest BCUT2D eigenvalue weighted by Crippen LogP contribution is 2.26. The Morgan fingerprint density at radius 1 is 1.55 bits per heavy atom. The third-order valence-corrected chi connectivity index (χ3v) is 4.20. The maximum Gasteiger partial charge on any atom is 0.320 e. The van der Waals surface area contributed by atoms with Gasteiger partial charge in [0, 0.05) is 6.61 Å². The van der Waals surface area contributed by atoms with Gasteiger partial charge in [-0.1, -0.05) is 13.8 Å². The molecule has 0 saturated carbocycles. The number of amides is 2. The smallest absolute Gasteiger partial charge is 0.320 e. The van der Waals surface area contributed by atoms with Gasteiger partial charge in [0.25, 0.3) is 0 Å². The summed E-state index contributed by atoms with van der Waals surface area (Å²) in [5, 5.41) is 7.77. The van der Waals surface area contributed by atoms with Crippen molar-refractivity contribution in [1.82, 2.24) is 10.3 Å². The van der Waals surface area contributed by atoms with Crippen molar-refractivity contribution in [1.29, 1.82) is 0 Å². The van der Waals surface area contributed by atoms with E-state index in [0.717, 1.165) is 28.5 Å². The Bertz CT molecular complexity index is 479. The van der Waals surface area contributed by atoms with E-state index in [1.165, 1.54) is 11.3 Å². The fraction of sp³-hybridized carbons (Fsp3) is 0.714. The van der Waals surface area contributed by atoms with Crippen LogP contribution in [0.25, 0.3) is 0 Å². The van der Waals surface area contributed by atoms with Gasteiger partial charge in [0.1, 0.15) is 5.00 Å². The predicted molar refractivity (Wildman–Crippen MR) is 81.4 cm³/mol. The van der Waals surface area contributed by atoms with Crippen LogP contribution in [0.2, 0.25) is 0 Å². The van der Waals surface area contributed by atoms with Crippen molar-refractivity contribution >= 4 is 22.4 Å². The summed E-state index contributed by atoms with van der Waals surface area (Å²) in [6, 6.07) is -0.174. The van der Waals surface area contributed by atoms with E-state index in [9.17, 15) is 4.79 Å². The Morgan fingerprint density at radius 2 is 2.30 bits per heavy atom. The standard InChI is InChI=1S/C14H23N3O2S/c1-9(2)7-11-12(20-10(3)15-11)16-13(18)17-14(4)5-6-19-8-14/h9H,5-8H2,1-4H3,(H2,16,17,18). The lowest BCUT2D eigenvalue weighted by Gasteiger charge is -2.23. The summed E-state index contributed by atoms with van der Waals surface area (Å²) in [4.78, 5) is 16.6. The second-order valence-electron chi connectivity index (χ2n) is 6.05. The Balaban J connectivity index is 2.00. The molecule has 0 radical (unpaired) electrons. The van der Waals surface area contributed by atoms with Crippen molar-refractivity contribution in [2.75, 3.05) is 18.5 Å². The number of nitrogens with zero attached hydrogens (tertiary/aromatic N) is 1. The molecule has 2 heterocycles. The molecule has 0 spiro atoms. The summed E-state index contributed by atoms with van der Waals surface area (Å²) in [7, 11) is 0. The van der Waals surface area contributed by atoms with Crippen LogP contribution in [0, 0.1) is 12.8 Å². The monoisotopic (exact) mass is 297 g/mol. The van der Waals surface area contributed by atoms with Crippen LogP contribution in [0.15, 0.2) is 0 Å². The number of aryl methyl sites for hydroxylation is 1. The van der Waals surface area contributed by atoms with E-state index in [0.29, 0.717) is 19.1 Å². The fourth-order valence-corrected chi connectivity index (χ4v) is 3.11. The zero-order valence-corrected chi connectivity index (χ0v) is 13.4. The summed E-state index contributed by atoms with van der Waals surface area (Å²) in [5.74, 6) is 0.515. The fourth-order valence-electron chi connectivity index (χ4n) is 2.27.